The minimum absolute atomic E-state index is 0.0373. The van der Waals surface area contributed by atoms with Crippen LogP contribution in [0.25, 0.3) is 10.9 Å². The van der Waals surface area contributed by atoms with Gasteiger partial charge in [-0.1, -0.05) is 18.2 Å². The van der Waals surface area contributed by atoms with Crippen LogP contribution in [0.2, 0.25) is 0 Å². The third kappa shape index (κ3) is 2.92. The van der Waals surface area contributed by atoms with E-state index in [4.69, 9.17) is 0 Å². The van der Waals surface area contributed by atoms with Crippen LogP contribution in [0.15, 0.2) is 30.5 Å². The van der Waals surface area contributed by atoms with Crippen molar-refractivity contribution < 1.29 is 31.1 Å². The first kappa shape index (κ1) is 16.3. The Bertz CT molecular complexity index is 798. The summed E-state index contributed by atoms with van der Waals surface area (Å²) >= 11 is 0. The van der Waals surface area contributed by atoms with Gasteiger partial charge in [-0.25, -0.2) is 13.2 Å². The van der Waals surface area contributed by atoms with E-state index in [1.54, 1.807) is 24.3 Å². The molecule has 0 bridgehead atoms. The summed E-state index contributed by atoms with van der Waals surface area (Å²) in [5, 5.41) is 0.405. The van der Waals surface area contributed by atoms with Gasteiger partial charge in [-0.2, -0.15) is 17.9 Å². The second-order valence-corrected chi connectivity index (χ2v) is 6.02. The number of carbonyl (C=O) groups excluding carboxylic acids is 1. The molecule has 6 nitrogen and oxygen atoms in total. The molecule has 1 aromatic heterocycles. The summed E-state index contributed by atoms with van der Waals surface area (Å²) in [4.78, 5) is 14.5. The summed E-state index contributed by atoms with van der Waals surface area (Å²) in [6.07, 6.45) is 1.26. The number of aromatic amines is 1. The highest BCUT2D eigenvalue weighted by atomic mass is 32.2. The summed E-state index contributed by atoms with van der Waals surface area (Å²) in [6.45, 7) is 0. The molecule has 2 aromatic rings. The fourth-order valence-corrected chi connectivity index (χ4v) is 2.58. The first-order valence-corrected chi connectivity index (χ1v) is 7.38. The molecule has 1 unspecified atom stereocenters. The zero-order chi connectivity index (χ0) is 16.5. The monoisotopic (exact) mass is 336 g/mol. The van der Waals surface area contributed by atoms with Crippen molar-refractivity contribution in [2.24, 2.45) is 0 Å². The van der Waals surface area contributed by atoms with Crippen LogP contribution in [-0.4, -0.2) is 32.0 Å². The number of esters is 1. The number of nitrogens with one attached hydrogen (secondary N) is 2. The Morgan fingerprint density at radius 3 is 2.55 bits per heavy atom. The fraction of sp³-hybridized carbons (Fsp3) is 0.250. The minimum atomic E-state index is -5.71. The molecule has 0 aliphatic heterocycles. The lowest BCUT2D eigenvalue weighted by molar-refractivity contribution is -0.142. The van der Waals surface area contributed by atoms with Crippen molar-refractivity contribution in [3.05, 3.63) is 36.0 Å². The van der Waals surface area contributed by atoms with E-state index >= 15 is 0 Å². The molecule has 1 atom stereocenters. The molecule has 2 rings (SSSR count). The van der Waals surface area contributed by atoms with E-state index in [0.29, 0.717) is 10.9 Å². The van der Waals surface area contributed by atoms with Gasteiger partial charge in [0.05, 0.1) is 7.11 Å². The number of hydrogen-bond acceptors (Lipinski definition) is 4. The average Bonchev–Trinajstić information content (AvgIpc) is 2.86. The SMILES string of the molecule is COC(=O)C(NS(=O)(=O)C(F)(F)F)c1c[nH]c2ccccc12. The summed E-state index contributed by atoms with van der Waals surface area (Å²) in [5.41, 5.74) is -4.96. The molecular weight excluding hydrogens is 325 g/mol. The molecule has 0 amide bonds. The van der Waals surface area contributed by atoms with E-state index in [2.05, 4.69) is 9.72 Å². The molecule has 0 spiro atoms. The van der Waals surface area contributed by atoms with Gasteiger partial charge in [0.1, 0.15) is 6.04 Å². The molecule has 120 valence electrons. The molecule has 0 aliphatic rings. The van der Waals surface area contributed by atoms with Crippen molar-refractivity contribution in [3.63, 3.8) is 0 Å². The maximum Gasteiger partial charge on any atom is 0.511 e. The number of hydrogen-bond donors (Lipinski definition) is 2. The molecule has 0 saturated heterocycles. The number of sulfonamides is 1. The summed E-state index contributed by atoms with van der Waals surface area (Å²) in [5.74, 6) is -1.16. The van der Waals surface area contributed by atoms with Gasteiger partial charge in [-0.3, -0.25) is 0 Å². The van der Waals surface area contributed by atoms with Gasteiger partial charge >= 0.3 is 21.5 Å². The number of ether oxygens (including phenoxy) is 1. The molecule has 0 aliphatic carbocycles. The molecule has 0 fully saturated rings. The molecule has 0 saturated carbocycles. The highest BCUT2D eigenvalue weighted by Gasteiger charge is 2.48. The van der Waals surface area contributed by atoms with Crippen molar-refractivity contribution in [3.8, 4) is 0 Å². The molecule has 1 heterocycles. The van der Waals surface area contributed by atoms with E-state index < -0.39 is 27.5 Å². The van der Waals surface area contributed by atoms with Crippen molar-refractivity contribution in [2.45, 2.75) is 11.6 Å². The Hall–Kier alpha value is -2.07. The standard InChI is InChI=1S/C12H11F3N2O4S/c1-21-11(18)10(17-22(19,20)12(13,14)15)8-6-16-9-5-3-2-4-7(8)9/h2-6,10,16-17H,1H3. The van der Waals surface area contributed by atoms with Crippen molar-refractivity contribution in [2.75, 3.05) is 7.11 Å². The van der Waals surface area contributed by atoms with Crippen LogP contribution in [-0.2, 0) is 19.6 Å². The average molecular weight is 336 g/mol. The second kappa shape index (κ2) is 5.61. The number of benzene rings is 1. The Kier molecular flexibility index (Phi) is 4.16. The number of halogens is 3. The van der Waals surface area contributed by atoms with Crippen molar-refractivity contribution in [1.29, 1.82) is 0 Å². The Morgan fingerprint density at radius 1 is 1.32 bits per heavy atom. The highest BCUT2D eigenvalue weighted by molar-refractivity contribution is 7.90. The van der Waals surface area contributed by atoms with Gasteiger partial charge in [-0.15, -0.1) is 0 Å². The number of para-hydroxylation sites is 1. The molecule has 10 heteroatoms. The van der Waals surface area contributed by atoms with E-state index in [0.717, 1.165) is 7.11 Å². The largest absolute Gasteiger partial charge is 0.511 e. The number of methoxy groups -OCH3 is 1. The van der Waals surface area contributed by atoms with E-state index in [1.807, 2.05) is 0 Å². The number of alkyl halides is 3. The Balaban J connectivity index is 2.51. The number of rotatable bonds is 4. The zero-order valence-electron chi connectivity index (χ0n) is 11.1. The van der Waals surface area contributed by atoms with Gasteiger partial charge < -0.3 is 9.72 Å². The Labute approximate surface area is 123 Å². The lowest BCUT2D eigenvalue weighted by Crippen LogP contribution is -2.41. The number of aromatic nitrogens is 1. The third-order valence-corrected chi connectivity index (χ3v) is 4.10. The molecule has 2 N–H and O–H groups in total. The van der Waals surface area contributed by atoms with Gasteiger partial charge in [0, 0.05) is 22.7 Å². The van der Waals surface area contributed by atoms with Crippen LogP contribution in [0.4, 0.5) is 13.2 Å². The molecule has 0 radical (unpaired) electrons. The first-order valence-electron chi connectivity index (χ1n) is 5.90. The molecule has 1 aromatic carbocycles. The number of carbonyl (C=O) groups is 1. The zero-order valence-corrected chi connectivity index (χ0v) is 12.0. The lowest BCUT2D eigenvalue weighted by atomic mass is 10.1. The van der Waals surface area contributed by atoms with Crippen LogP contribution in [0.3, 0.4) is 0 Å². The number of fused-ring (bicyclic) bond motifs is 1. The number of H-pyrrole nitrogens is 1. The van der Waals surface area contributed by atoms with Crippen molar-refractivity contribution >= 4 is 26.9 Å². The topological polar surface area (TPSA) is 88.3 Å². The van der Waals surface area contributed by atoms with Gasteiger partial charge in [0.2, 0.25) is 0 Å². The van der Waals surface area contributed by atoms with Gasteiger partial charge in [0.15, 0.2) is 0 Å². The van der Waals surface area contributed by atoms with E-state index in [1.165, 1.54) is 10.9 Å². The first-order chi connectivity index (χ1) is 10.2. The van der Waals surface area contributed by atoms with Crippen LogP contribution in [0.5, 0.6) is 0 Å². The van der Waals surface area contributed by atoms with Crippen molar-refractivity contribution in [1.82, 2.24) is 9.71 Å². The van der Waals surface area contributed by atoms with Crippen LogP contribution in [0.1, 0.15) is 11.6 Å². The summed E-state index contributed by atoms with van der Waals surface area (Å²) in [6, 6.07) is 4.64. The molecule has 22 heavy (non-hydrogen) atoms. The smallest absolute Gasteiger partial charge is 0.468 e. The van der Waals surface area contributed by atoms with E-state index in [9.17, 15) is 26.4 Å². The normalized spacial score (nSPS) is 14.0. The third-order valence-electron chi connectivity index (χ3n) is 2.95. The predicted octanol–water partition coefficient (Wildman–Crippen LogP) is 1.82. The maximum atomic E-state index is 12.5. The van der Waals surface area contributed by atoms with Crippen LogP contribution < -0.4 is 4.72 Å². The van der Waals surface area contributed by atoms with Gasteiger partial charge in [0.25, 0.3) is 0 Å². The minimum Gasteiger partial charge on any atom is -0.468 e. The molecular formula is C12H11F3N2O4S. The van der Waals surface area contributed by atoms with Gasteiger partial charge in [-0.05, 0) is 6.07 Å². The second-order valence-electron chi connectivity index (χ2n) is 4.31. The lowest BCUT2D eigenvalue weighted by Gasteiger charge is -2.17. The van der Waals surface area contributed by atoms with Crippen LogP contribution >= 0.6 is 0 Å². The quantitative estimate of drug-likeness (QED) is 0.834. The highest BCUT2D eigenvalue weighted by Crippen LogP contribution is 2.29. The summed E-state index contributed by atoms with van der Waals surface area (Å²) < 4.78 is 65.8. The summed E-state index contributed by atoms with van der Waals surface area (Å²) in [7, 11) is -4.76. The van der Waals surface area contributed by atoms with Crippen LogP contribution in [0, 0.1) is 0 Å². The fourth-order valence-electron chi connectivity index (χ4n) is 1.91. The maximum absolute atomic E-state index is 12.5. The van der Waals surface area contributed by atoms with E-state index in [-0.39, 0.29) is 5.56 Å². The predicted molar refractivity (Wildman–Crippen MR) is 71.2 cm³/mol. The Morgan fingerprint density at radius 2 is 1.95 bits per heavy atom.